The van der Waals surface area contributed by atoms with E-state index in [1.54, 1.807) is 12.3 Å². The van der Waals surface area contributed by atoms with E-state index in [1.165, 1.54) is 23.5 Å². The summed E-state index contributed by atoms with van der Waals surface area (Å²) >= 11 is 7.47. The van der Waals surface area contributed by atoms with Crippen molar-refractivity contribution in [2.75, 3.05) is 11.9 Å². The van der Waals surface area contributed by atoms with Crippen LogP contribution in [0.25, 0.3) is 10.4 Å². The molecule has 0 aliphatic carbocycles. The average molecular weight is 257 g/mol. The minimum atomic E-state index is -0.329. The Morgan fingerprint density at radius 3 is 3.00 bits per heavy atom. The second-order valence-corrected chi connectivity index (χ2v) is 4.62. The van der Waals surface area contributed by atoms with Crippen molar-refractivity contribution < 1.29 is 4.39 Å². The molecule has 0 fully saturated rings. The summed E-state index contributed by atoms with van der Waals surface area (Å²) in [6, 6.07) is 4.37. The zero-order valence-electron chi connectivity index (χ0n) is 8.63. The van der Waals surface area contributed by atoms with E-state index in [0.29, 0.717) is 5.02 Å². The second kappa shape index (κ2) is 4.80. The molecule has 1 aromatic carbocycles. The number of halogens is 2. The van der Waals surface area contributed by atoms with Crippen molar-refractivity contribution in [3.05, 3.63) is 35.2 Å². The van der Waals surface area contributed by atoms with Crippen LogP contribution < -0.4 is 5.32 Å². The number of nitrogens with zero attached hydrogens (tertiary/aromatic N) is 1. The molecule has 0 aliphatic rings. The van der Waals surface area contributed by atoms with E-state index in [1.807, 2.05) is 6.92 Å². The van der Waals surface area contributed by atoms with Crippen molar-refractivity contribution in [3.63, 3.8) is 0 Å². The lowest BCUT2D eigenvalue weighted by molar-refractivity contribution is 0.628. The number of aromatic nitrogens is 1. The van der Waals surface area contributed by atoms with Gasteiger partial charge in [-0.3, -0.25) is 0 Å². The van der Waals surface area contributed by atoms with Crippen molar-refractivity contribution in [2.24, 2.45) is 0 Å². The molecular formula is C11H10ClFN2S. The Labute approximate surface area is 102 Å². The van der Waals surface area contributed by atoms with Crippen LogP contribution in [0.15, 0.2) is 24.4 Å². The summed E-state index contributed by atoms with van der Waals surface area (Å²) in [7, 11) is 0. The quantitative estimate of drug-likeness (QED) is 0.897. The van der Waals surface area contributed by atoms with Gasteiger partial charge in [-0.2, -0.15) is 0 Å². The van der Waals surface area contributed by atoms with Crippen LogP contribution in [-0.2, 0) is 0 Å². The molecule has 0 amide bonds. The van der Waals surface area contributed by atoms with Gasteiger partial charge in [0.2, 0.25) is 0 Å². The highest BCUT2D eigenvalue weighted by Gasteiger charge is 2.08. The van der Waals surface area contributed by atoms with Crippen LogP contribution in [0.5, 0.6) is 0 Å². The van der Waals surface area contributed by atoms with E-state index in [2.05, 4.69) is 10.3 Å². The fraction of sp³-hybridized carbons (Fsp3) is 0.182. The molecule has 0 saturated heterocycles. The largest absolute Gasteiger partial charge is 0.362 e. The molecule has 1 heterocycles. The molecular weight excluding hydrogens is 247 g/mol. The van der Waals surface area contributed by atoms with Crippen LogP contribution in [0.1, 0.15) is 6.92 Å². The Balaban J connectivity index is 2.35. The molecule has 2 aromatic rings. The van der Waals surface area contributed by atoms with Gasteiger partial charge >= 0.3 is 0 Å². The summed E-state index contributed by atoms with van der Waals surface area (Å²) in [6.45, 7) is 2.83. The molecule has 0 aliphatic heterocycles. The van der Waals surface area contributed by atoms with Gasteiger partial charge in [0.25, 0.3) is 0 Å². The van der Waals surface area contributed by atoms with E-state index >= 15 is 0 Å². The smallest absolute Gasteiger partial charge is 0.183 e. The highest BCUT2D eigenvalue weighted by atomic mass is 35.5. The summed E-state index contributed by atoms with van der Waals surface area (Å²) in [4.78, 5) is 5.13. The lowest BCUT2D eigenvalue weighted by Gasteiger charge is -2.00. The number of rotatable bonds is 3. The van der Waals surface area contributed by atoms with Crippen LogP contribution in [0.2, 0.25) is 5.02 Å². The molecule has 0 atom stereocenters. The first-order chi connectivity index (χ1) is 7.70. The van der Waals surface area contributed by atoms with Crippen LogP contribution in [0.3, 0.4) is 0 Å². The highest BCUT2D eigenvalue weighted by Crippen LogP contribution is 2.34. The van der Waals surface area contributed by atoms with E-state index in [4.69, 9.17) is 11.6 Å². The first-order valence-electron chi connectivity index (χ1n) is 4.86. The molecule has 2 rings (SSSR count). The molecule has 84 valence electrons. The van der Waals surface area contributed by atoms with Gasteiger partial charge in [0.05, 0.1) is 9.90 Å². The molecule has 0 bridgehead atoms. The SMILES string of the molecule is CCNc1ncc(-c2ccc(F)cc2Cl)s1. The van der Waals surface area contributed by atoms with Gasteiger partial charge in [0.15, 0.2) is 5.13 Å². The first kappa shape index (κ1) is 11.4. The number of benzene rings is 1. The minimum Gasteiger partial charge on any atom is -0.362 e. The maximum atomic E-state index is 12.9. The number of hydrogen-bond acceptors (Lipinski definition) is 3. The fourth-order valence-corrected chi connectivity index (χ4v) is 2.57. The van der Waals surface area contributed by atoms with Crippen molar-refractivity contribution in [2.45, 2.75) is 6.92 Å². The van der Waals surface area contributed by atoms with E-state index < -0.39 is 0 Å². The summed E-state index contributed by atoms with van der Waals surface area (Å²) in [5.41, 5.74) is 0.810. The second-order valence-electron chi connectivity index (χ2n) is 3.18. The van der Waals surface area contributed by atoms with Gasteiger partial charge in [0, 0.05) is 18.3 Å². The van der Waals surface area contributed by atoms with Crippen molar-refractivity contribution in [1.82, 2.24) is 4.98 Å². The number of thiazole rings is 1. The van der Waals surface area contributed by atoms with Crippen molar-refractivity contribution in [3.8, 4) is 10.4 Å². The van der Waals surface area contributed by atoms with Gasteiger partial charge in [0.1, 0.15) is 5.82 Å². The van der Waals surface area contributed by atoms with Crippen molar-refractivity contribution >= 4 is 28.1 Å². The third-order valence-corrected chi connectivity index (χ3v) is 3.33. The molecule has 1 aromatic heterocycles. The van der Waals surface area contributed by atoms with Crippen LogP contribution >= 0.6 is 22.9 Å². The van der Waals surface area contributed by atoms with E-state index in [9.17, 15) is 4.39 Å². The maximum Gasteiger partial charge on any atom is 0.183 e. The lowest BCUT2D eigenvalue weighted by atomic mass is 10.2. The lowest BCUT2D eigenvalue weighted by Crippen LogP contribution is -1.94. The molecule has 0 spiro atoms. The van der Waals surface area contributed by atoms with Crippen LogP contribution in [0, 0.1) is 5.82 Å². The summed E-state index contributed by atoms with van der Waals surface area (Å²) in [5, 5.41) is 4.37. The molecule has 16 heavy (non-hydrogen) atoms. The monoisotopic (exact) mass is 256 g/mol. The summed E-state index contributed by atoms with van der Waals surface area (Å²) in [5.74, 6) is -0.329. The molecule has 2 nitrogen and oxygen atoms in total. The van der Waals surface area contributed by atoms with E-state index in [-0.39, 0.29) is 5.82 Å². The standard InChI is InChI=1S/C11H10ClFN2S/c1-2-14-11-15-6-10(16-11)8-4-3-7(13)5-9(8)12/h3-6H,2H2,1H3,(H,14,15). The van der Waals surface area contributed by atoms with Gasteiger partial charge in [-0.1, -0.05) is 22.9 Å². The zero-order chi connectivity index (χ0) is 11.5. The van der Waals surface area contributed by atoms with Crippen molar-refractivity contribution in [1.29, 1.82) is 0 Å². The Hall–Kier alpha value is -1.13. The normalized spacial score (nSPS) is 10.4. The Morgan fingerprint density at radius 2 is 2.31 bits per heavy atom. The highest BCUT2D eigenvalue weighted by molar-refractivity contribution is 7.18. The van der Waals surface area contributed by atoms with Gasteiger partial charge in [-0.15, -0.1) is 0 Å². The molecule has 0 radical (unpaired) electrons. The first-order valence-corrected chi connectivity index (χ1v) is 6.05. The van der Waals surface area contributed by atoms with Crippen LogP contribution in [-0.4, -0.2) is 11.5 Å². The van der Waals surface area contributed by atoms with Gasteiger partial charge < -0.3 is 5.32 Å². The topological polar surface area (TPSA) is 24.9 Å². The third kappa shape index (κ3) is 2.33. The maximum absolute atomic E-state index is 12.9. The zero-order valence-corrected chi connectivity index (χ0v) is 10.2. The minimum absolute atomic E-state index is 0.329. The Morgan fingerprint density at radius 1 is 1.50 bits per heavy atom. The average Bonchev–Trinajstić information content (AvgIpc) is 2.67. The number of anilines is 1. The Bertz CT molecular complexity index is 498. The number of nitrogens with one attached hydrogen (secondary N) is 1. The third-order valence-electron chi connectivity index (χ3n) is 2.03. The summed E-state index contributed by atoms with van der Waals surface area (Å²) in [6.07, 6.45) is 1.74. The van der Waals surface area contributed by atoms with Gasteiger partial charge in [-0.05, 0) is 25.1 Å². The Kier molecular flexibility index (Phi) is 3.41. The molecule has 0 saturated carbocycles. The van der Waals surface area contributed by atoms with E-state index in [0.717, 1.165) is 22.1 Å². The predicted octanol–water partition coefficient (Wildman–Crippen LogP) is 4.03. The fourth-order valence-electron chi connectivity index (χ4n) is 1.32. The summed E-state index contributed by atoms with van der Waals surface area (Å²) < 4.78 is 12.9. The molecule has 1 N–H and O–H groups in total. The molecule has 0 unspecified atom stereocenters. The predicted molar refractivity (Wildman–Crippen MR) is 66.7 cm³/mol. The van der Waals surface area contributed by atoms with Gasteiger partial charge in [-0.25, -0.2) is 9.37 Å². The number of hydrogen-bond donors (Lipinski definition) is 1. The van der Waals surface area contributed by atoms with Crippen LogP contribution in [0.4, 0.5) is 9.52 Å². The molecule has 5 heteroatoms.